The predicted molar refractivity (Wildman–Crippen MR) is 72.2 cm³/mol. The van der Waals surface area contributed by atoms with Crippen molar-refractivity contribution in [3.63, 3.8) is 0 Å². The van der Waals surface area contributed by atoms with Gasteiger partial charge in [0.15, 0.2) is 0 Å². The average molecular weight is 283 g/mol. The largest absolute Gasteiger partial charge is 0.507 e. The zero-order valence-corrected chi connectivity index (χ0v) is 11.4. The lowest BCUT2D eigenvalue weighted by molar-refractivity contribution is 0.0746. The van der Waals surface area contributed by atoms with E-state index >= 15 is 0 Å². The maximum atomic E-state index is 13.7. The Hall–Kier alpha value is -2.31. The van der Waals surface area contributed by atoms with Gasteiger partial charge in [-0.1, -0.05) is 18.1 Å². The van der Waals surface area contributed by atoms with Crippen LogP contribution in [0.4, 0.5) is 4.39 Å². The molecule has 0 saturated heterocycles. The van der Waals surface area contributed by atoms with Crippen LogP contribution >= 0.6 is 0 Å². The standard InChI is InChI=1S/C13H18FN3O3/c1-3-17(7-8(2)12(15)16-20)13(19)11-9(14)5-4-6-10(11)18/h4-6,8,18,20H,3,7H2,1-2H3,(H2,15,16). The van der Waals surface area contributed by atoms with Crippen LogP contribution in [0.1, 0.15) is 24.2 Å². The van der Waals surface area contributed by atoms with Gasteiger partial charge in [0, 0.05) is 19.0 Å². The van der Waals surface area contributed by atoms with Crippen molar-refractivity contribution in [2.75, 3.05) is 13.1 Å². The molecule has 7 heteroatoms. The molecule has 0 bridgehead atoms. The van der Waals surface area contributed by atoms with Gasteiger partial charge in [-0.15, -0.1) is 0 Å². The van der Waals surface area contributed by atoms with E-state index in [9.17, 15) is 14.3 Å². The normalized spacial score (nSPS) is 13.1. The Balaban J connectivity index is 2.98. The molecule has 0 spiro atoms. The Morgan fingerprint density at radius 3 is 2.70 bits per heavy atom. The van der Waals surface area contributed by atoms with Crippen molar-refractivity contribution in [1.82, 2.24) is 4.90 Å². The third-order valence-electron chi connectivity index (χ3n) is 2.99. The van der Waals surface area contributed by atoms with Crippen molar-refractivity contribution in [3.8, 4) is 5.75 Å². The number of carbonyl (C=O) groups is 1. The predicted octanol–water partition coefficient (Wildman–Crippen LogP) is 1.38. The Kier molecular flexibility index (Phi) is 5.31. The number of nitrogens with zero attached hydrogens (tertiary/aromatic N) is 2. The van der Waals surface area contributed by atoms with Gasteiger partial charge in [0.25, 0.3) is 5.91 Å². The second kappa shape index (κ2) is 6.74. The third-order valence-corrected chi connectivity index (χ3v) is 2.99. The molecule has 1 atom stereocenters. The summed E-state index contributed by atoms with van der Waals surface area (Å²) in [5.74, 6) is -2.25. The second-order valence-corrected chi connectivity index (χ2v) is 4.40. The summed E-state index contributed by atoms with van der Waals surface area (Å²) in [6.45, 7) is 3.84. The number of oxime groups is 1. The van der Waals surface area contributed by atoms with Crippen LogP contribution in [0.15, 0.2) is 23.4 Å². The van der Waals surface area contributed by atoms with Gasteiger partial charge < -0.3 is 20.9 Å². The van der Waals surface area contributed by atoms with Crippen molar-refractivity contribution < 1.29 is 19.5 Å². The molecule has 1 amide bonds. The van der Waals surface area contributed by atoms with Gasteiger partial charge in [-0.3, -0.25) is 4.79 Å². The molecule has 0 saturated carbocycles. The van der Waals surface area contributed by atoms with Gasteiger partial charge in [0.1, 0.15) is 23.0 Å². The first-order valence-electron chi connectivity index (χ1n) is 6.16. The van der Waals surface area contributed by atoms with E-state index < -0.39 is 23.4 Å². The molecule has 0 radical (unpaired) electrons. The highest BCUT2D eigenvalue weighted by Crippen LogP contribution is 2.22. The number of benzene rings is 1. The summed E-state index contributed by atoms with van der Waals surface area (Å²) >= 11 is 0. The fourth-order valence-electron chi connectivity index (χ4n) is 1.76. The van der Waals surface area contributed by atoms with Crippen molar-refractivity contribution in [1.29, 1.82) is 0 Å². The van der Waals surface area contributed by atoms with Gasteiger partial charge >= 0.3 is 0 Å². The van der Waals surface area contributed by atoms with Crippen molar-refractivity contribution in [2.45, 2.75) is 13.8 Å². The fraction of sp³-hybridized carbons (Fsp3) is 0.385. The number of hydrogen-bond acceptors (Lipinski definition) is 4. The molecule has 0 aliphatic rings. The number of nitrogens with two attached hydrogens (primary N) is 1. The first-order chi connectivity index (χ1) is 9.42. The Morgan fingerprint density at radius 1 is 1.55 bits per heavy atom. The zero-order chi connectivity index (χ0) is 15.3. The van der Waals surface area contributed by atoms with Crippen LogP contribution in [0.25, 0.3) is 0 Å². The van der Waals surface area contributed by atoms with Crippen LogP contribution in [0, 0.1) is 11.7 Å². The van der Waals surface area contributed by atoms with Crippen LogP contribution < -0.4 is 5.73 Å². The second-order valence-electron chi connectivity index (χ2n) is 4.40. The highest BCUT2D eigenvalue weighted by Gasteiger charge is 2.24. The summed E-state index contributed by atoms with van der Waals surface area (Å²) in [6.07, 6.45) is 0. The molecule has 1 aromatic rings. The summed E-state index contributed by atoms with van der Waals surface area (Å²) in [6, 6.07) is 3.67. The molecule has 1 unspecified atom stereocenters. The van der Waals surface area contributed by atoms with E-state index in [4.69, 9.17) is 10.9 Å². The molecule has 1 aromatic carbocycles. The number of carbonyl (C=O) groups excluding carboxylic acids is 1. The van der Waals surface area contributed by atoms with Crippen LogP contribution in [0.3, 0.4) is 0 Å². The van der Waals surface area contributed by atoms with Gasteiger partial charge in [0.2, 0.25) is 0 Å². The lowest BCUT2D eigenvalue weighted by Crippen LogP contribution is -2.39. The SMILES string of the molecule is CCN(CC(C)/C(N)=N/O)C(=O)c1c(O)cccc1F. The summed E-state index contributed by atoms with van der Waals surface area (Å²) in [5, 5.41) is 21.1. The average Bonchev–Trinajstić information content (AvgIpc) is 2.43. The van der Waals surface area contributed by atoms with Crippen molar-refractivity contribution >= 4 is 11.7 Å². The molecule has 6 nitrogen and oxygen atoms in total. The summed E-state index contributed by atoms with van der Waals surface area (Å²) in [7, 11) is 0. The molecule has 0 aromatic heterocycles. The number of hydrogen-bond donors (Lipinski definition) is 3. The van der Waals surface area contributed by atoms with E-state index in [2.05, 4.69) is 5.16 Å². The Labute approximate surface area is 116 Å². The molecule has 20 heavy (non-hydrogen) atoms. The smallest absolute Gasteiger partial charge is 0.260 e. The van der Waals surface area contributed by atoms with Gasteiger partial charge in [-0.25, -0.2) is 4.39 Å². The third kappa shape index (κ3) is 3.37. The zero-order valence-electron chi connectivity index (χ0n) is 11.4. The van der Waals surface area contributed by atoms with E-state index in [-0.39, 0.29) is 17.9 Å². The van der Waals surface area contributed by atoms with Gasteiger partial charge in [-0.05, 0) is 19.1 Å². The first-order valence-corrected chi connectivity index (χ1v) is 6.16. The minimum absolute atomic E-state index is 0.0194. The molecule has 0 aliphatic carbocycles. The van der Waals surface area contributed by atoms with E-state index in [1.54, 1.807) is 13.8 Å². The number of phenolic OH excluding ortho intramolecular Hbond substituents is 1. The minimum atomic E-state index is -0.787. The number of halogens is 1. The lowest BCUT2D eigenvalue weighted by atomic mass is 10.1. The number of aromatic hydroxyl groups is 1. The highest BCUT2D eigenvalue weighted by molar-refractivity contribution is 5.97. The van der Waals surface area contributed by atoms with Crippen molar-refractivity contribution in [2.24, 2.45) is 16.8 Å². The first kappa shape index (κ1) is 15.7. The highest BCUT2D eigenvalue weighted by atomic mass is 19.1. The van der Waals surface area contributed by atoms with E-state index in [0.717, 1.165) is 6.07 Å². The van der Waals surface area contributed by atoms with Gasteiger partial charge in [-0.2, -0.15) is 0 Å². The fourth-order valence-corrected chi connectivity index (χ4v) is 1.76. The Morgan fingerprint density at radius 2 is 2.20 bits per heavy atom. The quantitative estimate of drug-likeness (QED) is 0.329. The van der Waals surface area contributed by atoms with E-state index in [1.807, 2.05) is 0 Å². The lowest BCUT2D eigenvalue weighted by Gasteiger charge is -2.24. The molecular formula is C13H18FN3O3. The molecule has 0 heterocycles. The number of amides is 1. The molecule has 110 valence electrons. The van der Waals surface area contributed by atoms with Gasteiger partial charge in [0.05, 0.1) is 0 Å². The molecule has 1 rings (SSSR count). The summed E-state index contributed by atoms with van der Waals surface area (Å²) in [5.41, 5.74) is 5.08. The van der Waals surface area contributed by atoms with Crippen molar-refractivity contribution in [3.05, 3.63) is 29.6 Å². The monoisotopic (exact) mass is 283 g/mol. The topological polar surface area (TPSA) is 99.1 Å². The number of phenols is 1. The van der Waals surface area contributed by atoms with E-state index in [1.165, 1.54) is 17.0 Å². The summed E-state index contributed by atoms with van der Waals surface area (Å²) < 4.78 is 13.7. The number of rotatable bonds is 5. The molecular weight excluding hydrogens is 265 g/mol. The summed E-state index contributed by atoms with van der Waals surface area (Å²) in [4.78, 5) is 13.6. The maximum absolute atomic E-state index is 13.7. The van der Waals surface area contributed by atoms with E-state index in [0.29, 0.717) is 6.54 Å². The molecule has 0 aliphatic heterocycles. The van der Waals surface area contributed by atoms with Crippen LogP contribution in [0.2, 0.25) is 0 Å². The minimum Gasteiger partial charge on any atom is -0.507 e. The maximum Gasteiger partial charge on any atom is 0.260 e. The number of amidine groups is 1. The molecule has 0 fully saturated rings. The Bertz CT molecular complexity index is 499. The van der Waals surface area contributed by atoms with Crippen LogP contribution in [-0.4, -0.2) is 40.0 Å². The van der Waals surface area contributed by atoms with Crippen LogP contribution in [0.5, 0.6) is 5.75 Å². The van der Waals surface area contributed by atoms with Crippen LogP contribution in [-0.2, 0) is 0 Å². The molecule has 4 N–H and O–H groups in total.